The van der Waals surface area contributed by atoms with Gasteiger partial charge in [-0.25, -0.2) is 24.7 Å². The number of rotatable bonds is 18. The van der Waals surface area contributed by atoms with Gasteiger partial charge < -0.3 is 63.9 Å². The van der Waals surface area contributed by atoms with Gasteiger partial charge in [0.15, 0.2) is 28.7 Å². The normalized spacial score (nSPS) is 14.4. The van der Waals surface area contributed by atoms with Crippen molar-refractivity contribution < 1.29 is 71.3 Å². The summed E-state index contributed by atoms with van der Waals surface area (Å²) in [5.74, 6) is 6.80. The Labute approximate surface area is 619 Å². The van der Waals surface area contributed by atoms with Crippen LogP contribution < -0.4 is 59.4 Å². The molecule has 11 aromatic rings. The van der Waals surface area contributed by atoms with Crippen molar-refractivity contribution in [3.05, 3.63) is 254 Å². The predicted octanol–water partition coefficient (Wildman–Crippen LogP) is 13.8. The van der Waals surface area contributed by atoms with Crippen LogP contribution in [0.25, 0.3) is 39.2 Å². The van der Waals surface area contributed by atoms with E-state index in [0.29, 0.717) is 80.9 Å². The van der Waals surface area contributed by atoms with Crippen molar-refractivity contribution in [1.29, 1.82) is 0 Å². The number of carbonyl (C=O) groups excluding carboxylic acids is 3. The summed E-state index contributed by atoms with van der Waals surface area (Å²) in [6.45, 7) is 5.61. The first-order valence-electron chi connectivity index (χ1n) is 34.1. The number of anilines is 2. The van der Waals surface area contributed by atoms with Crippen LogP contribution in [0.3, 0.4) is 0 Å². The quantitative estimate of drug-likeness (QED) is 0.0175. The molecule has 1 unspecified atom stereocenters. The minimum Gasteiger partial charge on any atom is -0.619 e. The van der Waals surface area contributed by atoms with Gasteiger partial charge in [0.05, 0.1) is 86.9 Å². The van der Waals surface area contributed by atoms with Crippen molar-refractivity contribution in [2.75, 3.05) is 44.8 Å². The van der Waals surface area contributed by atoms with Gasteiger partial charge in [0.2, 0.25) is 24.3 Å². The number of benzene rings is 7. The Balaban J connectivity index is 0.000000133. The van der Waals surface area contributed by atoms with E-state index >= 15 is 0 Å². The van der Waals surface area contributed by atoms with Crippen molar-refractivity contribution in [3.8, 4) is 62.7 Å². The fourth-order valence-electron chi connectivity index (χ4n) is 12.8. The zero-order valence-electron chi connectivity index (χ0n) is 58.3. The average Bonchev–Trinajstić information content (AvgIpc) is 1.59. The number of nitrogen functional groups attached to an aromatic ring is 1. The standard InChI is InChI=1S/C24H20N2O4.C20H18FN3O.C19H22N2O3.C16H15Cl2N3O6/c1-29-21-9-7-16(23-25-19-8-6-17(24(27)28)12-20(19)26-23)13-22(21)30-18-10-14-4-2-3-5-15(14)11-18;1-13(2)18-17-12-23(15-6-4-3-5-7-15)20(25)19(17)24(22-18)16-10-8-14(21)9-11-16;1-23-17-11-10-15(12-18(17)24-16-4-2-3-5-16)13-6-8-14(9-7-13)19(22)21-20;1-25-14-7-21(24)12(4-13(14)27-9-2-3-26-8-9)16(22)19-15-10(17)5-20(23)6-11(15)18/h2-9,12-13,18H,10-11H2,1H3,(H,25,26)(H,27,28);3-11,13H,12H2,1-2H3;6-12,16H,2-5,20H2,1H3,(H,21,22);4-7,9H,2-3,8H2,1H3,(H,19,22). The minimum atomic E-state index is -0.967. The number of aromatic carboxylic acids is 1. The SMILES string of the molecule is CC(C)c1nn(-c2ccc(F)cc2)c2c1CN(c1ccccc1)C2=O.COc1c[n+]([O-])c(C(=O)Nc2c(Cl)c[n+]([O-])cc2Cl)cc1OC1CCOC1.COc1ccc(-c2ccc(C(=O)NN)cc2)cc1OC1CCCC1.COc1ccc(-c2nc3ccc(C(=O)O)cc3[nH]2)cc1OC1Cc2ccccc2C1. The molecule has 6 heterocycles. The fourth-order valence-corrected chi connectivity index (χ4v) is 13.3. The number of nitrogens with one attached hydrogen (secondary N) is 3. The number of H-pyrrole nitrogens is 1. The summed E-state index contributed by atoms with van der Waals surface area (Å²) in [7, 11) is 4.66. The van der Waals surface area contributed by atoms with Crippen LogP contribution in [-0.4, -0.2) is 101 Å². The molecule has 7 aromatic carbocycles. The van der Waals surface area contributed by atoms with E-state index in [9.17, 15) is 39.1 Å². The Morgan fingerprint density at radius 2 is 1.26 bits per heavy atom. The second-order valence-corrected chi connectivity index (χ2v) is 26.3. The summed E-state index contributed by atoms with van der Waals surface area (Å²) in [6.07, 6.45) is 10.3. The number of pyridine rings is 2. The molecular weight excluding hydrogens is 1400 g/mol. The van der Waals surface area contributed by atoms with E-state index in [1.165, 1.54) is 49.3 Å². The number of aromatic nitrogens is 6. The molecule has 1 atom stereocenters. The molecule has 15 rings (SSSR count). The first kappa shape index (κ1) is 74.0. The van der Waals surface area contributed by atoms with Gasteiger partial charge >= 0.3 is 11.9 Å². The number of methoxy groups -OCH3 is 3. The van der Waals surface area contributed by atoms with Gasteiger partial charge in [0, 0.05) is 41.6 Å². The lowest BCUT2D eigenvalue weighted by molar-refractivity contribution is -0.608. The maximum absolute atomic E-state index is 13.3. The van der Waals surface area contributed by atoms with E-state index in [-0.39, 0.29) is 80.4 Å². The first-order valence-corrected chi connectivity index (χ1v) is 34.8. The molecule has 4 aliphatic rings. The van der Waals surface area contributed by atoms with Gasteiger partial charge in [-0.15, -0.1) is 0 Å². The second kappa shape index (κ2) is 33.3. The van der Waals surface area contributed by atoms with E-state index in [2.05, 4.69) is 63.9 Å². The Kier molecular flexibility index (Phi) is 23.3. The second-order valence-electron chi connectivity index (χ2n) is 25.5. The van der Waals surface area contributed by atoms with Crippen molar-refractivity contribution in [2.45, 2.75) is 89.6 Å². The summed E-state index contributed by atoms with van der Waals surface area (Å²) >= 11 is 11.9. The van der Waals surface area contributed by atoms with Gasteiger partial charge in [0.1, 0.15) is 39.6 Å². The number of hydrogen-bond acceptors (Lipinski definition) is 16. The highest BCUT2D eigenvalue weighted by Crippen LogP contribution is 2.40. The molecule has 2 aliphatic heterocycles. The van der Waals surface area contributed by atoms with Crippen LogP contribution in [0.5, 0.6) is 34.5 Å². The number of fused-ring (bicyclic) bond motifs is 3. The lowest BCUT2D eigenvalue weighted by Crippen LogP contribution is -2.37. The van der Waals surface area contributed by atoms with Crippen LogP contribution in [0.1, 0.15) is 116 Å². The molecule has 546 valence electrons. The summed E-state index contributed by atoms with van der Waals surface area (Å²) in [4.78, 5) is 58.0. The van der Waals surface area contributed by atoms with Crippen LogP contribution in [0.4, 0.5) is 15.8 Å². The number of imidazole rings is 1. The summed E-state index contributed by atoms with van der Waals surface area (Å²) in [6, 6.07) is 49.0. The molecule has 0 radical (unpaired) electrons. The summed E-state index contributed by atoms with van der Waals surface area (Å²) < 4.78 is 55.2. The number of carboxylic acid groups (broad SMARTS) is 1. The molecule has 2 aliphatic carbocycles. The number of halogens is 3. The van der Waals surface area contributed by atoms with Gasteiger partial charge in [-0.2, -0.15) is 14.6 Å². The predicted molar refractivity (Wildman–Crippen MR) is 396 cm³/mol. The van der Waals surface area contributed by atoms with Crippen molar-refractivity contribution >= 4 is 69.3 Å². The number of hydrogen-bond donors (Lipinski definition) is 5. The third kappa shape index (κ3) is 17.0. The van der Waals surface area contributed by atoms with E-state index in [1.54, 1.807) is 66.3 Å². The number of hydrazine groups is 1. The topological polar surface area (TPSA) is 307 Å². The molecule has 0 bridgehead atoms. The highest BCUT2D eigenvalue weighted by Gasteiger charge is 2.37. The molecule has 24 nitrogen and oxygen atoms in total. The zero-order valence-corrected chi connectivity index (χ0v) is 59.9. The number of aromatic amines is 1. The lowest BCUT2D eigenvalue weighted by Gasteiger charge is -2.17. The number of nitrogens with zero attached hydrogens (tertiary/aromatic N) is 6. The van der Waals surface area contributed by atoms with Gasteiger partial charge in [-0.05, 0) is 151 Å². The third-order valence-corrected chi connectivity index (χ3v) is 18.7. The Morgan fingerprint density at radius 1 is 0.670 bits per heavy atom. The summed E-state index contributed by atoms with van der Waals surface area (Å²) in [5, 5.41) is 39.6. The van der Waals surface area contributed by atoms with Gasteiger partial charge in [0.25, 0.3) is 17.5 Å². The largest absolute Gasteiger partial charge is 0.619 e. The van der Waals surface area contributed by atoms with E-state index < -0.39 is 11.9 Å². The number of nitrogens with two attached hydrogens (primary N) is 1. The molecule has 6 N–H and O–H groups in total. The fraction of sp³-hybridized carbons (Fsp3) is 0.241. The monoisotopic (exact) mass is 1480 g/mol. The molecule has 0 spiro atoms. The molecule has 27 heteroatoms. The zero-order chi connectivity index (χ0) is 74.7. The van der Waals surface area contributed by atoms with Gasteiger partial charge in [-0.3, -0.25) is 19.8 Å². The van der Waals surface area contributed by atoms with Gasteiger partial charge in [-0.1, -0.05) is 97.7 Å². The average molecular weight is 1480 g/mol. The van der Waals surface area contributed by atoms with Crippen LogP contribution in [-0.2, 0) is 24.1 Å². The maximum atomic E-state index is 13.3. The first-order chi connectivity index (χ1) is 51.3. The highest BCUT2D eigenvalue weighted by molar-refractivity contribution is 6.39. The van der Waals surface area contributed by atoms with E-state index in [4.69, 9.17) is 62.2 Å². The molecule has 4 aromatic heterocycles. The van der Waals surface area contributed by atoms with E-state index in [1.807, 2.05) is 78.9 Å². The lowest BCUT2D eigenvalue weighted by atomic mass is 10.0. The van der Waals surface area contributed by atoms with Crippen LogP contribution in [0.2, 0.25) is 10.0 Å². The van der Waals surface area contributed by atoms with Crippen LogP contribution >= 0.6 is 23.2 Å². The molecule has 3 amide bonds. The molecule has 1 saturated carbocycles. The Hall–Kier alpha value is -11.8. The number of carboxylic acids is 1. The smallest absolute Gasteiger partial charge is 0.335 e. The Bertz CT molecular complexity index is 4970. The van der Waals surface area contributed by atoms with Crippen LogP contribution in [0, 0.1) is 16.2 Å². The third-order valence-electron chi connectivity index (χ3n) is 18.1. The summed E-state index contributed by atoms with van der Waals surface area (Å²) in [5.41, 5.74) is 13.5. The van der Waals surface area contributed by atoms with Crippen LogP contribution in [0.15, 0.2) is 182 Å². The van der Waals surface area contributed by atoms with E-state index in [0.717, 1.165) is 89.4 Å². The molecular formula is C79H75Cl2FN10O14. The van der Waals surface area contributed by atoms with Crippen molar-refractivity contribution in [1.82, 2.24) is 25.2 Å². The van der Waals surface area contributed by atoms with Crippen molar-refractivity contribution in [2.24, 2.45) is 5.84 Å². The molecule has 106 heavy (non-hydrogen) atoms. The highest BCUT2D eigenvalue weighted by atomic mass is 35.5. The number of para-hydroxylation sites is 1. The number of amides is 3. The van der Waals surface area contributed by atoms with Crippen molar-refractivity contribution in [3.63, 3.8) is 0 Å². The molecule has 1 saturated heterocycles. The number of ether oxygens (including phenoxy) is 7. The Morgan fingerprint density at radius 3 is 1.88 bits per heavy atom. The number of carbonyl (C=O) groups is 4. The minimum absolute atomic E-state index is 0.0120. The molecule has 2 fully saturated rings. The maximum Gasteiger partial charge on any atom is 0.335 e.